The molecular formula is C17H23F3N2O2. The first-order chi connectivity index (χ1) is 11.3. The topological polar surface area (TPSA) is 61.4 Å². The van der Waals surface area contributed by atoms with Gasteiger partial charge in [-0.15, -0.1) is 0 Å². The molecule has 0 saturated heterocycles. The number of aliphatic hydroxyl groups is 1. The fraction of sp³-hybridized carbons (Fsp3) is 0.588. The molecule has 7 heteroatoms. The summed E-state index contributed by atoms with van der Waals surface area (Å²) in [6.07, 6.45) is -3.50. The van der Waals surface area contributed by atoms with Gasteiger partial charge in [-0.25, -0.2) is 4.79 Å². The van der Waals surface area contributed by atoms with Crippen molar-refractivity contribution in [3.63, 3.8) is 0 Å². The first-order valence-electron chi connectivity index (χ1n) is 8.17. The number of urea groups is 1. The standard InChI is InChI=1S/C17H23F3N2O2/c18-17(19,20)13-7-4-8-14(10-13)22-16(24)21-11-15(23)9-12-5-2-1-3-6-12/h1-3,5-6,13-15,23H,4,7-11H2,(H2,21,22,24)/t13-,14+,15+/m0/s1. The predicted molar refractivity (Wildman–Crippen MR) is 84.5 cm³/mol. The number of benzene rings is 1. The van der Waals surface area contributed by atoms with Gasteiger partial charge in [-0.2, -0.15) is 13.2 Å². The lowest BCUT2D eigenvalue weighted by molar-refractivity contribution is -0.183. The highest BCUT2D eigenvalue weighted by molar-refractivity contribution is 5.74. The highest BCUT2D eigenvalue weighted by Gasteiger charge is 2.42. The van der Waals surface area contributed by atoms with Crippen LogP contribution < -0.4 is 10.6 Å². The van der Waals surface area contributed by atoms with Crippen molar-refractivity contribution in [2.24, 2.45) is 5.92 Å². The molecule has 134 valence electrons. The zero-order chi connectivity index (χ0) is 17.6. The maximum absolute atomic E-state index is 12.8. The quantitative estimate of drug-likeness (QED) is 0.769. The molecule has 1 fully saturated rings. The second-order valence-electron chi connectivity index (χ2n) is 6.30. The molecule has 24 heavy (non-hydrogen) atoms. The Labute approximate surface area is 139 Å². The van der Waals surface area contributed by atoms with E-state index < -0.39 is 30.3 Å². The average molecular weight is 344 g/mol. The molecule has 3 N–H and O–H groups in total. The van der Waals surface area contributed by atoms with Gasteiger partial charge in [0.25, 0.3) is 0 Å². The lowest BCUT2D eigenvalue weighted by atomic mass is 9.85. The van der Waals surface area contributed by atoms with Crippen molar-refractivity contribution in [2.75, 3.05) is 6.54 Å². The van der Waals surface area contributed by atoms with Gasteiger partial charge in [-0.05, 0) is 24.8 Å². The number of nitrogens with one attached hydrogen (secondary N) is 2. The number of halogens is 3. The van der Waals surface area contributed by atoms with Crippen molar-refractivity contribution >= 4 is 6.03 Å². The number of aliphatic hydroxyl groups excluding tert-OH is 1. The molecule has 3 atom stereocenters. The third-order valence-electron chi connectivity index (χ3n) is 4.28. The Morgan fingerprint density at radius 1 is 1.25 bits per heavy atom. The molecule has 0 spiro atoms. The van der Waals surface area contributed by atoms with Crippen LogP contribution in [0.2, 0.25) is 0 Å². The molecule has 0 radical (unpaired) electrons. The predicted octanol–water partition coefficient (Wildman–Crippen LogP) is 3.01. The number of carbonyl (C=O) groups is 1. The first kappa shape index (κ1) is 18.6. The number of rotatable bonds is 5. The highest BCUT2D eigenvalue weighted by Crippen LogP contribution is 2.37. The van der Waals surface area contributed by atoms with Gasteiger partial charge in [0, 0.05) is 19.0 Å². The minimum Gasteiger partial charge on any atom is -0.391 e. The fourth-order valence-corrected chi connectivity index (χ4v) is 3.02. The van der Waals surface area contributed by atoms with Crippen molar-refractivity contribution < 1.29 is 23.1 Å². The third-order valence-corrected chi connectivity index (χ3v) is 4.28. The van der Waals surface area contributed by atoms with E-state index in [1.54, 1.807) is 0 Å². The van der Waals surface area contributed by atoms with Crippen molar-refractivity contribution in [1.82, 2.24) is 10.6 Å². The van der Waals surface area contributed by atoms with Gasteiger partial charge >= 0.3 is 12.2 Å². The van der Waals surface area contributed by atoms with E-state index >= 15 is 0 Å². The zero-order valence-corrected chi connectivity index (χ0v) is 13.4. The van der Waals surface area contributed by atoms with Gasteiger partial charge in [0.05, 0.1) is 12.0 Å². The molecule has 1 aliphatic rings. The minimum atomic E-state index is -4.21. The Balaban J connectivity index is 1.71. The Kier molecular flexibility index (Phi) is 6.48. The summed E-state index contributed by atoms with van der Waals surface area (Å²) < 4.78 is 38.3. The van der Waals surface area contributed by atoms with Crippen LogP contribution >= 0.6 is 0 Å². The second-order valence-corrected chi connectivity index (χ2v) is 6.30. The summed E-state index contributed by atoms with van der Waals surface area (Å²) in [7, 11) is 0. The molecule has 4 nitrogen and oxygen atoms in total. The van der Waals surface area contributed by atoms with Crippen LogP contribution in [-0.2, 0) is 6.42 Å². The summed E-state index contributed by atoms with van der Waals surface area (Å²) in [5.41, 5.74) is 0.951. The zero-order valence-electron chi connectivity index (χ0n) is 13.4. The van der Waals surface area contributed by atoms with Crippen LogP contribution in [0, 0.1) is 5.92 Å². The minimum absolute atomic E-state index is 0.0517. The van der Waals surface area contributed by atoms with E-state index in [1.165, 1.54) is 0 Å². The van der Waals surface area contributed by atoms with Crippen molar-refractivity contribution in [3.05, 3.63) is 35.9 Å². The van der Waals surface area contributed by atoms with E-state index in [0.29, 0.717) is 19.3 Å². The summed E-state index contributed by atoms with van der Waals surface area (Å²) in [5.74, 6) is -1.35. The molecule has 2 rings (SSSR count). The molecule has 0 aliphatic heterocycles. The van der Waals surface area contributed by atoms with E-state index in [0.717, 1.165) is 5.56 Å². The van der Waals surface area contributed by atoms with Crippen LogP contribution in [0.3, 0.4) is 0 Å². The number of alkyl halides is 3. The molecular weight excluding hydrogens is 321 g/mol. The van der Waals surface area contributed by atoms with Crippen LogP contribution in [0.4, 0.5) is 18.0 Å². The van der Waals surface area contributed by atoms with Gasteiger partial charge in [-0.1, -0.05) is 36.8 Å². The number of hydrogen-bond acceptors (Lipinski definition) is 2. The van der Waals surface area contributed by atoms with Crippen LogP contribution in [0.1, 0.15) is 31.2 Å². The third kappa shape index (κ3) is 6.03. The maximum Gasteiger partial charge on any atom is 0.391 e. The molecule has 2 amide bonds. The van der Waals surface area contributed by atoms with Gasteiger partial charge in [0.1, 0.15) is 0 Å². The normalized spacial score (nSPS) is 22.7. The van der Waals surface area contributed by atoms with E-state index in [2.05, 4.69) is 10.6 Å². The van der Waals surface area contributed by atoms with Gasteiger partial charge in [-0.3, -0.25) is 0 Å². The molecule has 1 saturated carbocycles. The lowest BCUT2D eigenvalue weighted by Crippen LogP contribution is -2.47. The smallest absolute Gasteiger partial charge is 0.391 e. The van der Waals surface area contributed by atoms with E-state index in [4.69, 9.17) is 0 Å². The number of amides is 2. The van der Waals surface area contributed by atoms with Crippen LogP contribution in [0.5, 0.6) is 0 Å². The summed E-state index contributed by atoms with van der Waals surface area (Å²) >= 11 is 0. The summed E-state index contributed by atoms with van der Waals surface area (Å²) in [6.45, 7) is 0.0517. The van der Waals surface area contributed by atoms with E-state index in [9.17, 15) is 23.1 Å². The fourth-order valence-electron chi connectivity index (χ4n) is 3.02. The summed E-state index contributed by atoms with van der Waals surface area (Å²) in [5, 5.41) is 15.0. The molecule has 0 aromatic heterocycles. The molecule has 0 heterocycles. The van der Waals surface area contributed by atoms with Gasteiger partial charge < -0.3 is 15.7 Å². The van der Waals surface area contributed by atoms with Gasteiger partial charge in [0.15, 0.2) is 0 Å². The Morgan fingerprint density at radius 3 is 2.62 bits per heavy atom. The Bertz CT molecular complexity index is 522. The molecule has 0 unspecified atom stereocenters. The molecule has 1 aromatic rings. The lowest BCUT2D eigenvalue weighted by Gasteiger charge is -2.31. The average Bonchev–Trinajstić information content (AvgIpc) is 2.53. The van der Waals surface area contributed by atoms with Crippen LogP contribution in [0.15, 0.2) is 30.3 Å². The molecule has 0 bridgehead atoms. The van der Waals surface area contributed by atoms with Crippen molar-refractivity contribution in [3.8, 4) is 0 Å². The second kappa shape index (κ2) is 8.37. The number of hydrogen-bond donors (Lipinski definition) is 3. The Morgan fingerprint density at radius 2 is 1.96 bits per heavy atom. The van der Waals surface area contributed by atoms with Crippen molar-refractivity contribution in [1.29, 1.82) is 0 Å². The monoisotopic (exact) mass is 344 g/mol. The van der Waals surface area contributed by atoms with Crippen LogP contribution in [-0.4, -0.2) is 36.0 Å². The molecule has 1 aliphatic carbocycles. The first-order valence-corrected chi connectivity index (χ1v) is 8.17. The summed E-state index contributed by atoms with van der Waals surface area (Å²) in [4.78, 5) is 11.8. The SMILES string of the molecule is O=C(NC[C@H](O)Cc1ccccc1)N[C@@H]1CCC[C@H](C(F)(F)F)C1. The maximum atomic E-state index is 12.8. The van der Waals surface area contributed by atoms with E-state index in [-0.39, 0.29) is 19.4 Å². The van der Waals surface area contributed by atoms with Crippen LogP contribution in [0.25, 0.3) is 0 Å². The Hall–Kier alpha value is -1.76. The molecule has 1 aromatic carbocycles. The largest absolute Gasteiger partial charge is 0.391 e. The number of carbonyl (C=O) groups excluding carboxylic acids is 1. The van der Waals surface area contributed by atoms with E-state index in [1.807, 2.05) is 30.3 Å². The highest BCUT2D eigenvalue weighted by atomic mass is 19.4. The van der Waals surface area contributed by atoms with Gasteiger partial charge in [0.2, 0.25) is 0 Å². The summed E-state index contributed by atoms with van der Waals surface area (Å²) in [6, 6.07) is 8.35. The van der Waals surface area contributed by atoms with Crippen molar-refractivity contribution in [2.45, 2.75) is 50.4 Å².